The summed E-state index contributed by atoms with van der Waals surface area (Å²) in [6, 6.07) is 0. The molecule has 0 rings (SSSR count). The van der Waals surface area contributed by atoms with Crippen LogP contribution in [0.25, 0.3) is 0 Å². The Morgan fingerprint density at radius 2 is 1.27 bits per heavy atom. The first kappa shape index (κ1) is 20.7. The maximum atomic E-state index is 10.3. The SMILES string of the molecule is CCCCCC=CCC=CCCC=CCCCCCC(=O)O. The molecule has 0 saturated carbocycles. The number of carbonyl (C=O) groups is 1. The zero-order chi connectivity index (χ0) is 16.3. The number of carboxylic acids is 1. The number of allylic oxidation sites excluding steroid dienone is 6. The summed E-state index contributed by atoms with van der Waals surface area (Å²) < 4.78 is 0. The van der Waals surface area contributed by atoms with Gasteiger partial charge in [0.05, 0.1) is 0 Å². The fourth-order valence-electron chi connectivity index (χ4n) is 2.16. The lowest BCUT2D eigenvalue weighted by Crippen LogP contribution is -1.93. The molecule has 0 radical (unpaired) electrons. The molecule has 0 saturated heterocycles. The average Bonchev–Trinajstić information content (AvgIpc) is 2.50. The highest BCUT2D eigenvalue weighted by Gasteiger charge is 1.94. The molecular formula is C20H34O2. The Morgan fingerprint density at radius 3 is 1.91 bits per heavy atom. The molecule has 0 aromatic carbocycles. The Morgan fingerprint density at radius 1 is 0.727 bits per heavy atom. The molecule has 0 spiro atoms. The first-order valence-corrected chi connectivity index (χ1v) is 8.94. The maximum absolute atomic E-state index is 10.3. The van der Waals surface area contributed by atoms with E-state index in [4.69, 9.17) is 5.11 Å². The number of hydrogen-bond donors (Lipinski definition) is 1. The molecule has 0 aromatic heterocycles. The van der Waals surface area contributed by atoms with Crippen molar-refractivity contribution in [2.24, 2.45) is 0 Å². The van der Waals surface area contributed by atoms with Gasteiger partial charge in [0.15, 0.2) is 0 Å². The summed E-state index contributed by atoms with van der Waals surface area (Å²) in [5.74, 6) is -0.682. The van der Waals surface area contributed by atoms with Crippen molar-refractivity contribution >= 4 is 5.97 Å². The average molecular weight is 306 g/mol. The zero-order valence-electron chi connectivity index (χ0n) is 14.3. The molecular weight excluding hydrogens is 272 g/mol. The lowest BCUT2D eigenvalue weighted by molar-refractivity contribution is -0.137. The van der Waals surface area contributed by atoms with E-state index < -0.39 is 5.97 Å². The number of unbranched alkanes of at least 4 members (excludes halogenated alkanes) is 7. The van der Waals surface area contributed by atoms with Crippen molar-refractivity contribution < 1.29 is 9.90 Å². The second kappa shape index (κ2) is 17.7. The Labute approximate surface area is 137 Å². The summed E-state index contributed by atoms with van der Waals surface area (Å²) >= 11 is 0. The van der Waals surface area contributed by atoms with E-state index in [9.17, 15) is 4.79 Å². The standard InChI is InChI=1S/C20H34O2/c1-2-3-4-5-6-7-8-9-10-11-12-13-14-15-16-17-18-19-20(21)22/h6-7,9-10,13-14H,2-5,8,11-12,15-19H2,1H3,(H,21,22). The van der Waals surface area contributed by atoms with E-state index in [2.05, 4.69) is 43.4 Å². The predicted octanol–water partition coefficient (Wildman–Crippen LogP) is 6.44. The summed E-state index contributed by atoms with van der Waals surface area (Å²) in [6.07, 6.45) is 26.3. The Bertz CT molecular complexity index is 327. The van der Waals surface area contributed by atoms with Crippen LogP contribution in [0.1, 0.15) is 84.0 Å². The lowest BCUT2D eigenvalue weighted by Gasteiger charge is -1.95. The van der Waals surface area contributed by atoms with Gasteiger partial charge in [-0.05, 0) is 51.4 Å². The first-order valence-electron chi connectivity index (χ1n) is 8.94. The van der Waals surface area contributed by atoms with Gasteiger partial charge in [0.2, 0.25) is 0 Å². The highest BCUT2D eigenvalue weighted by atomic mass is 16.4. The minimum Gasteiger partial charge on any atom is -0.481 e. The van der Waals surface area contributed by atoms with Crippen LogP contribution in [0.4, 0.5) is 0 Å². The molecule has 0 aliphatic heterocycles. The molecule has 2 heteroatoms. The van der Waals surface area contributed by atoms with Crippen LogP contribution in [0.5, 0.6) is 0 Å². The molecule has 0 aliphatic carbocycles. The Balaban J connectivity index is 3.28. The van der Waals surface area contributed by atoms with E-state index in [1.54, 1.807) is 0 Å². The van der Waals surface area contributed by atoms with Crippen molar-refractivity contribution in [3.63, 3.8) is 0 Å². The molecule has 0 fully saturated rings. The minimum atomic E-state index is -0.682. The summed E-state index contributed by atoms with van der Waals surface area (Å²) in [4.78, 5) is 10.3. The number of carboxylic acid groups (broad SMARTS) is 1. The van der Waals surface area contributed by atoms with Crippen LogP contribution in [0.3, 0.4) is 0 Å². The molecule has 0 unspecified atom stereocenters. The van der Waals surface area contributed by atoms with E-state index in [0.29, 0.717) is 6.42 Å². The van der Waals surface area contributed by atoms with Crippen molar-refractivity contribution in [3.05, 3.63) is 36.5 Å². The third kappa shape index (κ3) is 18.7. The van der Waals surface area contributed by atoms with Crippen molar-refractivity contribution in [2.45, 2.75) is 84.0 Å². The molecule has 126 valence electrons. The highest BCUT2D eigenvalue weighted by Crippen LogP contribution is 2.05. The quantitative estimate of drug-likeness (QED) is 0.279. The number of hydrogen-bond acceptors (Lipinski definition) is 1. The van der Waals surface area contributed by atoms with Crippen LogP contribution >= 0.6 is 0 Å². The molecule has 0 aliphatic rings. The van der Waals surface area contributed by atoms with E-state index in [1.165, 1.54) is 25.7 Å². The largest absolute Gasteiger partial charge is 0.481 e. The van der Waals surface area contributed by atoms with E-state index in [1.807, 2.05) is 0 Å². The normalized spacial score (nSPS) is 12.0. The van der Waals surface area contributed by atoms with Gasteiger partial charge in [-0.25, -0.2) is 0 Å². The monoisotopic (exact) mass is 306 g/mol. The summed E-state index contributed by atoms with van der Waals surface area (Å²) in [5, 5.41) is 8.51. The van der Waals surface area contributed by atoms with E-state index in [0.717, 1.165) is 44.9 Å². The fraction of sp³-hybridized carbons (Fsp3) is 0.650. The van der Waals surface area contributed by atoms with E-state index >= 15 is 0 Å². The van der Waals surface area contributed by atoms with Gasteiger partial charge in [0.1, 0.15) is 0 Å². The van der Waals surface area contributed by atoms with Gasteiger partial charge in [-0.3, -0.25) is 4.79 Å². The number of aliphatic carboxylic acids is 1. The van der Waals surface area contributed by atoms with Crippen LogP contribution in [0.2, 0.25) is 0 Å². The minimum absolute atomic E-state index is 0.307. The molecule has 2 nitrogen and oxygen atoms in total. The van der Waals surface area contributed by atoms with Crippen LogP contribution in [-0.2, 0) is 4.79 Å². The van der Waals surface area contributed by atoms with Crippen molar-refractivity contribution in [2.75, 3.05) is 0 Å². The molecule has 22 heavy (non-hydrogen) atoms. The van der Waals surface area contributed by atoms with E-state index in [-0.39, 0.29) is 0 Å². The van der Waals surface area contributed by atoms with Gasteiger partial charge >= 0.3 is 5.97 Å². The zero-order valence-corrected chi connectivity index (χ0v) is 14.3. The molecule has 0 amide bonds. The van der Waals surface area contributed by atoms with Gasteiger partial charge in [-0.1, -0.05) is 62.6 Å². The molecule has 0 atom stereocenters. The third-order valence-electron chi connectivity index (χ3n) is 3.51. The van der Waals surface area contributed by atoms with Crippen LogP contribution < -0.4 is 0 Å². The molecule has 0 heterocycles. The summed E-state index contributed by atoms with van der Waals surface area (Å²) in [6.45, 7) is 2.24. The predicted molar refractivity (Wildman–Crippen MR) is 96.1 cm³/mol. The Hall–Kier alpha value is -1.31. The van der Waals surface area contributed by atoms with Crippen molar-refractivity contribution in [1.82, 2.24) is 0 Å². The lowest BCUT2D eigenvalue weighted by atomic mass is 10.1. The fourth-order valence-corrected chi connectivity index (χ4v) is 2.16. The highest BCUT2D eigenvalue weighted by molar-refractivity contribution is 5.66. The molecule has 0 bridgehead atoms. The summed E-state index contributed by atoms with van der Waals surface area (Å²) in [5.41, 5.74) is 0. The Kier molecular flexibility index (Phi) is 16.7. The van der Waals surface area contributed by atoms with Crippen LogP contribution in [0.15, 0.2) is 36.5 Å². The topological polar surface area (TPSA) is 37.3 Å². The van der Waals surface area contributed by atoms with Crippen LogP contribution in [0, 0.1) is 0 Å². The van der Waals surface area contributed by atoms with Gasteiger partial charge in [-0.2, -0.15) is 0 Å². The van der Waals surface area contributed by atoms with Gasteiger partial charge in [0.25, 0.3) is 0 Å². The first-order chi connectivity index (χ1) is 10.8. The number of rotatable bonds is 15. The molecule has 0 aromatic rings. The second-order valence-electron chi connectivity index (χ2n) is 5.72. The van der Waals surface area contributed by atoms with Crippen LogP contribution in [-0.4, -0.2) is 11.1 Å². The maximum Gasteiger partial charge on any atom is 0.303 e. The van der Waals surface area contributed by atoms with Crippen molar-refractivity contribution in [3.8, 4) is 0 Å². The third-order valence-corrected chi connectivity index (χ3v) is 3.51. The van der Waals surface area contributed by atoms with Gasteiger partial charge in [-0.15, -0.1) is 0 Å². The van der Waals surface area contributed by atoms with Crippen molar-refractivity contribution in [1.29, 1.82) is 0 Å². The molecule has 1 N–H and O–H groups in total. The second-order valence-corrected chi connectivity index (χ2v) is 5.72. The van der Waals surface area contributed by atoms with Gasteiger partial charge < -0.3 is 5.11 Å². The summed E-state index contributed by atoms with van der Waals surface area (Å²) in [7, 11) is 0. The van der Waals surface area contributed by atoms with Gasteiger partial charge in [0, 0.05) is 6.42 Å². The smallest absolute Gasteiger partial charge is 0.303 e.